The zero-order chi connectivity index (χ0) is 18.6. The lowest BCUT2D eigenvalue weighted by molar-refractivity contribution is -0.133. The lowest BCUT2D eigenvalue weighted by Gasteiger charge is -2.15. The fraction of sp³-hybridized carbons (Fsp3) is 0.375. The molecule has 1 fully saturated rings. The first kappa shape index (κ1) is 18.2. The van der Waals surface area contributed by atoms with Crippen molar-refractivity contribution in [1.82, 2.24) is 20.7 Å². The molecule has 0 spiro atoms. The molecule has 1 aliphatic rings. The Morgan fingerprint density at radius 3 is 2.28 bits per heavy atom. The van der Waals surface area contributed by atoms with Gasteiger partial charge >= 0.3 is 6.03 Å². The van der Waals surface area contributed by atoms with Gasteiger partial charge in [-0.05, 0) is 25.0 Å². The summed E-state index contributed by atoms with van der Waals surface area (Å²) in [6.07, 6.45) is 0. The predicted molar refractivity (Wildman–Crippen MR) is 87.4 cm³/mol. The van der Waals surface area contributed by atoms with Crippen LogP contribution >= 0.6 is 0 Å². The summed E-state index contributed by atoms with van der Waals surface area (Å²) in [5.74, 6) is -1.10. The van der Waals surface area contributed by atoms with Crippen LogP contribution in [0.1, 0.15) is 11.1 Å². The minimum Gasteiger partial charge on any atom is -0.483 e. The summed E-state index contributed by atoms with van der Waals surface area (Å²) in [6.45, 7) is 2.92. The Bertz CT molecular complexity index is 698. The molecular weight excluding hydrogens is 328 g/mol. The number of hydrogen-bond acceptors (Lipinski definition) is 5. The van der Waals surface area contributed by atoms with Gasteiger partial charge in [0.25, 0.3) is 17.7 Å². The molecule has 0 aliphatic carbocycles. The number of nitrogens with one attached hydrogen (secondary N) is 2. The van der Waals surface area contributed by atoms with E-state index >= 15 is 0 Å². The topological polar surface area (TPSA) is 108 Å². The van der Waals surface area contributed by atoms with Crippen molar-refractivity contribution in [2.24, 2.45) is 0 Å². The van der Waals surface area contributed by atoms with Gasteiger partial charge in [-0.15, -0.1) is 0 Å². The van der Waals surface area contributed by atoms with Crippen LogP contribution in [0.25, 0.3) is 0 Å². The summed E-state index contributed by atoms with van der Waals surface area (Å²) in [4.78, 5) is 48.7. The Morgan fingerprint density at radius 1 is 1.12 bits per heavy atom. The Morgan fingerprint density at radius 2 is 1.72 bits per heavy atom. The van der Waals surface area contributed by atoms with Gasteiger partial charge in [0.05, 0.1) is 0 Å². The van der Waals surface area contributed by atoms with E-state index in [0.29, 0.717) is 5.75 Å². The number of amides is 5. The molecular formula is C16H20N4O5. The second-order valence-corrected chi connectivity index (χ2v) is 5.72. The van der Waals surface area contributed by atoms with Crippen molar-refractivity contribution < 1.29 is 23.9 Å². The zero-order valence-electron chi connectivity index (χ0n) is 14.3. The molecule has 9 nitrogen and oxygen atoms in total. The minimum absolute atomic E-state index is 0.0674. The number of likely N-dealkylation sites (N-methyl/N-ethyl adjacent to an activating group) is 1. The van der Waals surface area contributed by atoms with Crippen LogP contribution in [0.2, 0.25) is 0 Å². The molecule has 0 bridgehead atoms. The number of ether oxygens (including phenoxy) is 1. The molecule has 134 valence electrons. The fourth-order valence-electron chi connectivity index (χ4n) is 2.35. The molecule has 0 unspecified atom stereocenters. The summed E-state index contributed by atoms with van der Waals surface area (Å²) >= 11 is 0. The van der Waals surface area contributed by atoms with Crippen molar-refractivity contribution in [3.8, 4) is 5.75 Å². The molecule has 1 aliphatic heterocycles. The lowest BCUT2D eigenvalue weighted by Crippen LogP contribution is -2.49. The van der Waals surface area contributed by atoms with E-state index < -0.39 is 30.3 Å². The molecule has 1 aromatic carbocycles. The van der Waals surface area contributed by atoms with Gasteiger partial charge in [0, 0.05) is 7.05 Å². The van der Waals surface area contributed by atoms with Gasteiger partial charge in [-0.1, -0.05) is 18.2 Å². The summed E-state index contributed by atoms with van der Waals surface area (Å²) < 4.78 is 5.45. The van der Waals surface area contributed by atoms with E-state index in [1.165, 1.54) is 11.9 Å². The third-order valence-electron chi connectivity index (χ3n) is 3.63. The number of aryl methyl sites for hydroxylation is 2. The van der Waals surface area contributed by atoms with E-state index in [1.807, 2.05) is 32.0 Å². The maximum absolute atomic E-state index is 11.8. The average Bonchev–Trinajstić information content (AvgIpc) is 2.79. The number of hydrazine groups is 1. The Kier molecular flexibility index (Phi) is 5.58. The van der Waals surface area contributed by atoms with E-state index in [2.05, 4.69) is 10.9 Å². The second kappa shape index (κ2) is 7.65. The largest absolute Gasteiger partial charge is 0.483 e. The first-order valence-electron chi connectivity index (χ1n) is 7.61. The average molecular weight is 348 g/mol. The molecule has 0 aromatic heterocycles. The molecule has 0 atom stereocenters. The van der Waals surface area contributed by atoms with E-state index in [-0.39, 0.29) is 13.2 Å². The molecule has 2 N–H and O–H groups in total. The van der Waals surface area contributed by atoms with Gasteiger partial charge in [-0.3, -0.25) is 30.1 Å². The summed E-state index contributed by atoms with van der Waals surface area (Å²) in [5.41, 5.74) is 6.12. The lowest BCUT2D eigenvalue weighted by atomic mass is 10.1. The number of rotatable bonds is 5. The smallest absolute Gasteiger partial charge is 0.327 e. The number of nitrogens with zero attached hydrogens (tertiary/aromatic N) is 2. The number of hydrogen-bond donors (Lipinski definition) is 2. The van der Waals surface area contributed by atoms with E-state index in [9.17, 15) is 19.2 Å². The third kappa shape index (κ3) is 4.46. The minimum atomic E-state index is -0.683. The summed E-state index contributed by atoms with van der Waals surface area (Å²) in [7, 11) is 1.46. The Balaban J connectivity index is 1.77. The second-order valence-electron chi connectivity index (χ2n) is 5.72. The van der Waals surface area contributed by atoms with E-state index in [4.69, 9.17) is 4.74 Å². The Hall–Kier alpha value is -3.10. The number of imide groups is 1. The molecule has 1 saturated heterocycles. The third-order valence-corrected chi connectivity index (χ3v) is 3.63. The quantitative estimate of drug-likeness (QED) is 0.562. The number of para-hydroxylation sites is 1. The number of carbonyl (C=O) groups excluding carboxylic acids is 4. The van der Waals surface area contributed by atoms with Crippen molar-refractivity contribution in [1.29, 1.82) is 0 Å². The number of urea groups is 1. The van der Waals surface area contributed by atoms with Gasteiger partial charge in [0.1, 0.15) is 18.8 Å². The SMILES string of the molecule is Cc1cccc(C)c1OCC(=O)NNC(=O)CN1C(=O)CN(C)C1=O. The molecule has 1 heterocycles. The van der Waals surface area contributed by atoms with Crippen LogP contribution in [0.4, 0.5) is 4.79 Å². The monoisotopic (exact) mass is 348 g/mol. The Labute approximate surface area is 144 Å². The molecule has 5 amide bonds. The molecule has 9 heteroatoms. The fourth-order valence-corrected chi connectivity index (χ4v) is 2.35. The standard InChI is InChI=1S/C16H20N4O5/c1-10-5-4-6-11(2)15(10)25-9-13(22)18-17-12(21)7-20-14(23)8-19(3)16(20)24/h4-6H,7-9H2,1-3H3,(H,17,21)(H,18,22). The van der Waals surface area contributed by atoms with Crippen LogP contribution in [0.3, 0.4) is 0 Å². The van der Waals surface area contributed by atoms with Gasteiger partial charge in [0.2, 0.25) is 0 Å². The molecule has 0 radical (unpaired) electrons. The van der Waals surface area contributed by atoms with Gasteiger partial charge in [-0.2, -0.15) is 0 Å². The molecule has 2 rings (SSSR count). The maximum Gasteiger partial charge on any atom is 0.327 e. The first-order valence-corrected chi connectivity index (χ1v) is 7.61. The van der Waals surface area contributed by atoms with Crippen molar-refractivity contribution in [3.63, 3.8) is 0 Å². The van der Waals surface area contributed by atoms with E-state index in [1.54, 1.807) is 0 Å². The highest BCUT2D eigenvalue weighted by Gasteiger charge is 2.34. The van der Waals surface area contributed by atoms with Crippen molar-refractivity contribution in [2.45, 2.75) is 13.8 Å². The van der Waals surface area contributed by atoms with Gasteiger partial charge in [0.15, 0.2) is 6.61 Å². The van der Waals surface area contributed by atoms with Crippen LogP contribution in [0, 0.1) is 13.8 Å². The zero-order valence-corrected chi connectivity index (χ0v) is 14.3. The highest BCUT2D eigenvalue weighted by atomic mass is 16.5. The van der Waals surface area contributed by atoms with Crippen LogP contribution in [-0.4, -0.2) is 60.3 Å². The van der Waals surface area contributed by atoms with Crippen molar-refractivity contribution in [3.05, 3.63) is 29.3 Å². The van der Waals surface area contributed by atoms with Gasteiger partial charge < -0.3 is 9.64 Å². The van der Waals surface area contributed by atoms with E-state index in [0.717, 1.165) is 16.0 Å². The number of benzene rings is 1. The normalized spacial score (nSPS) is 13.9. The van der Waals surface area contributed by atoms with Crippen LogP contribution in [0.15, 0.2) is 18.2 Å². The first-order chi connectivity index (χ1) is 11.8. The molecule has 25 heavy (non-hydrogen) atoms. The van der Waals surface area contributed by atoms with Crippen LogP contribution in [0.5, 0.6) is 5.75 Å². The van der Waals surface area contributed by atoms with Crippen molar-refractivity contribution in [2.75, 3.05) is 26.7 Å². The summed E-state index contributed by atoms with van der Waals surface area (Å²) in [5, 5.41) is 0. The van der Waals surface area contributed by atoms with Crippen molar-refractivity contribution >= 4 is 23.8 Å². The predicted octanol–water partition coefficient (Wildman–Crippen LogP) is -0.276. The highest BCUT2D eigenvalue weighted by molar-refractivity contribution is 6.04. The van der Waals surface area contributed by atoms with Gasteiger partial charge in [-0.25, -0.2) is 4.79 Å². The van der Waals surface area contributed by atoms with Crippen LogP contribution in [-0.2, 0) is 14.4 Å². The van der Waals surface area contributed by atoms with Crippen LogP contribution < -0.4 is 15.6 Å². The highest BCUT2D eigenvalue weighted by Crippen LogP contribution is 2.21. The molecule has 0 saturated carbocycles. The maximum atomic E-state index is 11.8. The summed E-state index contributed by atoms with van der Waals surface area (Å²) in [6, 6.07) is 5.06. The number of carbonyl (C=O) groups is 4. The molecule has 1 aromatic rings.